The van der Waals surface area contributed by atoms with Gasteiger partial charge in [-0.1, -0.05) is 6.92 Å². The summed E-state index contributed by atoms with van der Waals surface area (Å²) >= 11 is 0. The lowest BCUT2D eigenvalue weighted by atomic mass is 9.98. The second-order valence-electron chi connectivity index (χ2n) is 4.40. The maximum Gasteiger partial charge on any atom is 0.0627 e. The Morgan fingerprint density at radius 2 is 2.25 bits per heavy atom. The predicted molar refractivity (Wildman–Crippen MR) is 65.4 cm³/mol. The minimum absolute atomic E-state index is 0.483. The van der Waals surface area contributed by atoms with Gasteiger partial charge >= 0.3 is 0 Å². The average Bonchev–Trinajstić information content (AvgIpc) is 2.64. The quantitative estimate of drug-likeness (QED) is 0.709. The van der Waals surface area contributed by atoms with E-state index in [9.17, 15) is 0 Å². The van der Waals surface area contributed by atoms with E-state index >= 15 is 0 Å². The van der Waals surface area contributed by atoms with Gasteiger partial charge < -0.3 is 10.1 Å². The number of rotatable bonds is 7. The summed E-state index contributed by atoms with van der Waals surface area (Å²) in [6.45, 7) is 6.13. The van der Waals surface area contributed by atoms with Gasteiger partial charge in [-0.3, -0.25) is 4.68 Å². The van der Waals surface area contributed by atoms with Gasteiger partial charge in [-0.25, -0.2) is 0 Å². The number of methoxy groups -OCH3 is 1. The first-order chi connectivity index (χ1) is 7.63. The van der Waals surface area contributed by atoms with Crippen LogP contribution in [0.4, 0.5) is 0 Å². The molecule has 0 bridgehead atoms. The van der Waals surface area contributed by atoms with Gasteiger partial charge in [-0.15, -0.1) is 0 Å². The molecule has 0 radical (unpaired) electrons. The molecular weight excluding hydrogens is 202 g/mol. The van der Waals surface area contributed by atoms with Crippen LogP contribution in [0.3, 0.4) is 0 Å². The summed E-state index contributed by atoms with van der Waals surface area (Å²) in [5.74, 6) is 0.576. The van der Waals surface area contributed by atoms with Gasteiger partial charge in [0.25, 0.3) is 0 Å². The highest BCUT2D eigenvalue weighted by molar-refractivity contribution is 5.00. The van der Waals surface area contributed by atoms with E-state index < -0.39 is 0 Å². The highest BCUT2D eigenvalue weighted by atomic mass is 16.5. The van der Waals surface area contributed by atoms with Crippen LogP contribution in [-0.4, -0.2) is 36.1 Å². The molecular formula is C12H23N3O. The highest BCUT2D eigenvalue weighted by Crippen LogP contribution is 2.09. The van der Waals surface area contributed by atoms with Crippen molar-refractivity contribution in [1.29, 1.82) is 0 Å². The Balaban J connectivity index is 2.30. The molecule has 1 rings (SSSR count). The van der Waals surface area contributed by atoms with Gasteiger partial charge in [0.15, 0.2) is 0 Å². The van der Waals surface area contributed by atoms with Gasteiger partial charge in [-0.2, -0.15) is 5.10 Å². The molecule has 0 spiro atoms. The van der Waals surface area contributed by atoms with E-state index in [-0.39, 0.29) is 0 Å². The molecule has 0 amide bonds. The number of hydrogen-bond acceptors (Lipinski definition) is 3. The molecule has 1 N–H and O–H groups in total. The fourth-order valence-electron chi connectivity index (χ4n) is 1.67. The molecule has 0 aliphatic carbocycles. The molecule has 0 saturated carbocycles. The Labute approximate surface area is 98.0 Å². The summed E-state index contributed by atoms with van der Waals surface area (Å²) < 4.78 is 6.87. The number of ether oxygens (including phenoxy) is 1. The lowest BCUT2D eigenvalue weighted by molar-refractivity contribution is 0.192. The normalized spacial score (nSPS) is 15.0. The van der Waals surface area contributed by atoms with Crippen LogP contribution in [0.2, 0.25) is 0 Å². The van der Waals surface area contributed by atoms with Crippen molar-refractivity contribution >= 4 is 0 Å². The largest absolute Gasteiger partial charge is 0.383 e. The van der Waals surface area contributed by atoms with E-state index in [4.69, 9.17) is 4.74 Å². The van der Waals surface area contributed by atoms with E-state index in [0.29, 0.717) is 12.0 Å². The molecule has 1 aromatic rings. The molecule has 1 heterocycles. The lowest BCUT2D eigenvalue weighted by Gasteiger charge is -2.20. The van der Waals surface area contributed by atoms with Crippen LogP contribution in [0, 0.1) is 5.92 Å². The third-order valence-electron chi connectivity index (χ3n) is 2.93. The van der Waals surface area contributed by atoms with E-state index in [0.717, 1.165) is 25.3 Å². The van der Waals surface area contributed by atoms with Crippen molar-refractivity contribution in [2.75, 3.05) is 20.3 Å². The molecule has 0 aromatic carbocycles. The minimum Gasteiger partial charge on any atom is -0.383 e. The van der Waals surface area contributed by atoms with Gasteiger partial charge in [0.05, 0.1) is 12.3 Å². The third-order valence-corrected chi connectivity index (χ3v) is 2.93. The van der Waals surface area contributed by atoms with Crippen LogP contribution >= 0.6 is 0 Å². The second-order valence-corrected chi connectivity index (χ2v) is 4.40. The van der Waals surface area contributed by atoms with Crippen LogP contribution in [0.1, 0.15) is 19.5 Å². The maximum atomic E-state index is 5.02. The molecule has 92 valence electrons. The zero-order chi connectivity index (χ0) is 12.0. The van der Waals surface area contributed by atoms with Crippen LogP contribution < -0.4 is 5.32 Å². The summed E-state index contributed by atoms with van der Waals surface area (Å²) in [7, 11) is 3.68. The van der Waals surface area contributed by atoms with Crippen molar-refractivity contribution in [2.45, 2.75) is 26.3 Å². The van der Waals surface area contributed by atoms with Crippen LogP contribution in [0.15, 0.2) is 12.3 Å². The van der Waals surface area contributed by atoms with Crippen molar-refractivity contribution in [2.24, 2.45) is 13.0 Å². The van der Waals surface area contributed by atoms with Crippen molar-refractivity contribution in [3.05, 3.63) is 18.0 Å². The molecule has 0 saturated heterocycles. The van der Waals surface area contributed by atoms with E-state index in [2.05, 4.69) is 30.3 Å². The molecule has 16 heavy (non-hydrogen) atoms. The maximum absolute atomic E-state index is 5.02. The molecule has 1 aromatic heterocycles. The number of nitrogens with one attached hydrogen (secondary N) is 1. The van der Waals surface area contributed by atoms with Crippen LogP contribution in [-0.2, 0) is 18.2 Å². The first-order valence-electron chi connectivity index (χ1n) is 5.84. The Morgan fingerprint density at radius 3 is 2.81 bits per heavy atom. The second kappa shape index (κ2) is 6.66. The third kappa shape index (κ3) is 4.33. The van der Waals surface area contributed by atoms with E-state index in [1.54, 1.807) is 7.11 Å². The minimum atomic E-state index is 0.483. The molecule has 0 aliphatic rings. The van der Waals surface area contributed by atoms with Crippen molar-refractivity contribution in [3.8, 4) is 0 Å². The Bertz CT molecular complexity index is 298. The van der Waals surface area contributed by atoms with Gasteiger partial charge in [0.1, 0.15) is 0 Å². The number of aryl methyl sites for hydroxylation is 1. The standard InChI is InChI=1S/C12H23N3O/c1-10(11(2)13-6-8-16-4)9-12-5-7-15(3)14-12/h5,7,10-11,13H,6,8-9H2,1-4H3. The monoisotopic (exact) mass is 225 g/mol. The number of nitrogens with zero attached hydrogens (tertiary/aromatic N) is 2. The fourth-order valence-corrected chi connectivity index (χ4v) is 1.67. The van der Waals surface area contributed by atoms with Crippen molar-refractivity contribution in [1.82, 2.24) is 15.1 Å². The van der Waals surface area contributed by atoms with Gasteiger partial charge in [-0.05, 0) is 25.3 Å². The number of aromatic nitrogens is 2. The zero-order valence-electron chi connectivity index (χ0n) is 10.7. The molecule has 4 nitrogen and oxygen atoms in total. The molecule has 4 heteroatoms. The SMILES string of the molecule is COCCNC(C)C(C)Cc1ccn(C)n1. The van der Waals surface area contributed by atoms with Crippen molar-refractivity contribution in [3.63, 3.8) is 0 Å². The Hall–Kier alpha value is -0.870. The number of hydrogen-bond donors (Lipinski definition) is 1. The van der Waals surface area contributed by atoms with Crippen molar-refractivity contribution < 1.29 is 4.74 Å². The van der Waals surface area contributed by atoms with Gasteiger partial charge in [0, 0.05) is 32.9 Å². The first-order valence-corrected chi connectivity index (χ1v) is 5.84. The van der Waals surface area contributed by atoms with Crippen LogP contribution in [0.5, 0.6) is 0 Å². The van der Waals surface area contributed by atoms with Crippen LogP contribution in [0.25, 0.3) is 0 Å². The predicted octanol–water partition coefficient (Wildman–Crippen LogP) is 1.22. The summed E-state index contributed by atoms with van der Waals surface area (Å²) in [6.07, 6.45) is 3.01. The summed E-state index contributed by atoms with van der Waals surface area (Å²) in [5.41, 5.74) is 1.16. The summed E-state index contributed by atoms with van der Waals surface area (Å²) in [6, 6.07) is 2.57. The summed E-state index contributed by atoms with van der Waals surface area (Å²) in [4.78, 5) is 0. The highest BCUT2D eigenvalue weighted by Gasteiger charge is 2.13. The molecule has 0 fully saturated rings. The summed E-state index contributed by atoms with van der Waals surface area (Å²) in [5, 5.41) is 7.84. The van der Waals surface area contributed by atoms with Gasteiger partial charge in [0.2, 0.25) is 0 Å². The molecule has 0 aliphatic heterocycles. The lowest BCUT2D eigenvalue weighted by Crippen LogP contribution is -2.35. The zero-order valence-corrected chi connectivity index (χ0v) is 10.7. The smallest absolute Gasteiger partial charge is 0.0627 e. The fraction of sp³-hybridized carbons (Fsp3) is 0.750. The Morgan fingerprint density at radius 1 is 1.50 bits per heavy atom. The molecule has 2 unspecified atom stereocenters. The Kier molecular flexibility index (Phi) is 5.49. The topological polar surface area (TPSA) is 39.1 Å². The van der Waals surface area contributed by atoms with E-state index in [1.807, 2.05) is 17.9 Å². The van der Waals surface area contributed by atoms with E-state index in [1.165, 1.54) is 0 Å². The average molecular weight is 225 g/mol. The molecule has 2 atom stereocenters. The first kappa shape index (κ1) is 13.2.